The first-order valence-electron chi connectivity index (χ1n) is 6.98. The molecule has 0 fully saturated rings. The average Bonchev–Trinajstić information content (AvgIpc) is 2.93. The van der Waals surface area contributed by atoms with Gasteiger partial charge in [0.1, 0.15) is 16.3 Å². The fourth-order valence-corrected chi connectivity index (χ4v) is 2.66. The molecule has 7 heteroatoms. The third kappa shape index (κ3) is 4.07. The molecule has 0 aromatic carbocycles. The largest absolute Gasteiger partial charge is 0.444 e. The van der Waals surface area contributed by atoms with E-state index in [1.54, 1.807) is 0 Å². The second kappa shape index (κ2) is 5.72. The number of ether oxygens (including phenoxy) is 1. The van der Waals surface area contributed by atoms with Gasteiger partial charge in [0.15, 0.2) is 5.76 Å². The number of carbonyl (C=O) groups excluding carboxylic acids is 1. The Kier molecular flexibility index (Phi) is 4.28. The zero-order valence-corrected chi connectivity index (χ0v) is 14.5. The SMILES string of the molecule is Cc1cc(-c2csc(C(C)(C)NC(=O)OC(C)(C)C)n2)on1. The van der Waals surface area contributed by atoms with Crippen molar-refractivity contribution in [2.45, 2.75) is 52.7 Å². The number of carbonyl (C=O) groups is 1. The first-order valence-corrected chi connectivity index (χ1v) is 7.86. The molecule has 0 aliphatic carbocycles. The number of nitrogens with zero attached hydrogens (tertiary/aromatic N) is 2. The predicted molar refractivity (Wildman–Crippen MR) is 84.7 cm³/mol. The lowest BCUT2D eigenvalue weighted by atomic mass is 10.1. The van der Waals surface area contributed by atoms with Gasteiger partial charge < -0.3 is 14.6 Å². The highest BCUT2D eigenvalue weighted by Crippen LogP contribution is 2.29. The Balaban J connectivity index is 2.13. The number of rotatable bonds is 3. The first kappa shape index (κ1) is 16.5. The second-order valence-electron chi connectivity index (χ2n) is 6.62. The highest BCUT2D eigenvalue weighted by atomic mass is 32.1. The van der Waals surface area contributed by atoms with Gasteiger partial charge in [0.25, 0.3) is 0 Å². The van der Waals surface area contributed by atoms with E-state index < -0.39 is 17.2 Å². The third-order valence-electron chi connectivity index (χ3n) is 2.73. The minimum Gasteiger partial charge on any atom is -0.444 e. The lowest BCUT2D eigenvalue weighted by Crippen LogP contribution is -2.43. The third-order valence-corrected chi connectivity index (χ3v) is 3.90. The van der Waals surface area contributed by atoms with Crippen LogP contribution in [0.3, 0.4) is 0 Å². The van der Waals surface area contributed by atoms with Crippen molar-refractivity contribution in [2.75, 3.05) is 0 Å². The summed E-state index contributed by atoms with van der Waals surface area (Å²) in [5.74, 6) is 0.619. The molecule has 1 amide bonds. The molecule has 22 heavy (non-hydrogen) atoms. The number of aryl methyl sites for hydroxylation is 1. The van der Waals surface area contributed by atoms with Crippen molar-refractivity contribution in [3.63, 3.8) is 0 Å². The molecule has 0 atom stereocenters. The van der Waals surface area contributed by atoms with E-state index in [0.29, 0.717) is 11.5 Å². The highest BCUT2D eigenvalue weighted by molar-refractivity contribution is 7.10. The number of alkyl carbamates (subject to hydrolysis) is 1. The number of nitrogens with one attached hydrogen (secondary N) is 1. The number of hydrogen-bond acceptors (Lipinski definition) is 6. The van der Waals surface area contributed by atoms with E-state index in [9.17, 15) is 4.79 Å². The second-order valence-corrected chi connectivity index (χ2v) is 7.48. The Labute approximate surface area is 133 Å². The standard InChI is InChI=1S/C15H21N3O3S/c1-9-7-11(21-18-9)10-8-22-12(16-10)15(5,6)17-13(19)20-14(2,3)4/h7-8H,1-6H3,(H,17,19). The summed E-state index contributed by atoms with van der Waals surface area (Å²) in [7, 11) is 0. The van der Waals surface area contributed by atoms with Gasteiger partial charge in [-0.25, -0.2) is 9.78 Å². The van der Waals surface area contributed by atoms with Crippen molar-refractivity contribution in [3.8, 4) is 11.5 Å². The maximum atomic E-state index is 11.9. The molecule has 0 bridgehead atoms. The van der Waals surface area contributed by atoms with Gasteiger partial charge in [0, 0.05) is 11.4 Å². The molecule has 1 N–H and O–H groups in total. The van der Waals surface area contributed by atoms with Crippen molar-refractivity contribution in [1.29, 1.82) is 0 Å². The topological polar surface area (TPSA) is 77.2 Å². The minimum atomic E-state index is -0.639. The summed E-state index contributed by atoms with van der Waals surface area (Å²) in [4.78, 5) is 16.5. The summed E-state index contributed by atoms with van der Waals surface area (Å²) >= 11 is 1.45. The van der Waals surface area contributed by atoms with Crippen molar-refractivity contribution in [2.24, 2.45) is 0 Å². The predicted octanol–water partition coefficient (Wildman–Crippen LogP) is 3.87. The molecule has 6 nitrogen and oxygen atoms in total. The first-order chi connectivity index (χ1) is 10.1. The van der Waals surface area contributed by atoms with Crippen molar-refractivity contribution in [3.05, 3.63) is 22.1 Å². The zero-order chi connectivity index (χ0) is 16.5. The monoisotopic (exact) mass is 323 g/mol. The van der Waals surface area contributed by atoms with E-state index >= 15 is 0 Å². The summed E-state index contributed by atoms with van der Waals surface area (Å²) in [6, 6.07) is 1.83. The van der Waals surface area contributed by atoms with Crippen molar-refractivity contribution >= 4 is 17.4 Å². The normalized spacial score (nSPS) is 12.3. The Hall–Kier alpha value is -1.89. The Morgan fingerprint density at radius 2 is 2.00 bits per heavy atom. The summed E-state index contributed by atoms with van der Waals surface area (Å²) < 4.78 is 10.5. The van der Waals surface area contributed by atoms with E-state index in [4.69, 9.17) is 9.26 Å². The number of hydrogen-bond donors (Lipinski definition) is 1. The van der Waals surface area contributed by atoms with E-state index in [-0.39, 0.29) is 0 Å². The van der Waals surface area contributed by atoms with E-state index in [1.165, 1.54) is 11.3 Å². The van der Waals surface area contributed by atoms with Gasteiger partial charge in [0.05, 0.1) is 11.2 Å². The van der Waals surface area contributed by atoms with Crippen LogP contribution in [0.2, 0.25) is 0 Å². The molecule has 2 rings (SSSR count). The fourth-order valence-electron chi connectivity index (χ4n) is 1.77. The van der Waals surface area contributed by atoms with Crippen LogP contribution in [0.4, 0.5) is 4.79 Å². The molecular formula is C15H21N3O3S. The van der Waals surface area contributed by atoms with Gasteiger partial charge in [-0.3, -0.25) is 0 Å². The van der Waals surface area contributed by atoms with Gasteiger partial charge >= 0.3 is 6.09 Å². The summed E-state index contributed by atoms with van der Waals surface area (Å²) in [6.07, 6.45) is -0.468. The van der Waals surface area contributed by atoms with Crippen LogP contribution in [-0.2, 0) is 10.3 Å². The maximum absolute atomic E-state index is 11.9. The lowest BCUT2D eigenvalue weighted by molar-refractivity contribution is 0.0470. The molecule has 2 aromatic rings. The quantitative estimate of drug-likeness (QED) is 0.928. The molecule has 0 radical (unpaired) electrons. The average molecular weight is 323 g/mol. The van der Waals surface area contributed by atoms with Crippen LogP contribution in [0.25, 0.3) is 11.5 Å². The summed E-state index contributed by atoms with van der Waals surface area (Å²) in [5.41, 5.74) is 0.335. The van der Waals surface area contributed by atoms with Crippen LogP contribution in [-0.4, -0.2) is 21.8 Å². The van der Waals surface area contributed by atoms with E-state index in [2.05, 4.69) is 15.5 Å². The molecule has 0 unspecified atom stereocenters. The molecule has 120 valence electrons. The van der Waals surface area contributed by atoms with Crippen molar-refractivity contribution in [1.82, 2.24) is 15.5 Å². The number of thiazole rings is 1. The molecule has 2 heterocycles. The van der Waals surface area contributed by atoms with E-state index in [1.807, 2.05) is 53.0 Å². The van der Waals surface area contributed by atoms with Crippen LogP contribution in [0.5, 0.6) is 0 Å². The molecule has 0 spiro atoms. The number of amides is 1. The number of aromatic nitrogens is 2. The Bertz CT molecular complexity index is 668. The van der Waals surface area contributed by atoms with E-state index in [0.717, 1.165) is 10.7 Å². The summed E-state index contributed by atoms with van der Waals surface area (Å²) in [5, 5.41) is 9.34. The van der Waals surface area contributed by atoms with Gasteiger partial charge in [-0.05, 0) is 41.5 Å². The van der Waals surface area contributed by atoms with Gasteiger partial charge in [-0.1, -0.05) is 5.16 Å². The molecular weight excluding hydrogens is 302 g/mol. The van der Waals surface area contributed by atoms with Crippen LogP contribution >= 0.6 is 11.3 Å². The molecule has 2 aromatic heterocycles. The fraction of sp³-hybridized carbons (Fsp3) is 0.533. The minimum absolute atomic E-state index is 0.468. The van der Waals surface area contributed by atoms with Crippen LogP contribution in [0.15, 0.2) is 16.0 Å². The van der Waals surface area contributed by atoms with Gasteiger partial charge in [0.2, 0.25) is 0 Å². The molecule has 0 saturated carbocycles. The molecule has 0 saturated heterocycles. The van der Waals surface area contributed by atoms with Crippen LogP contribution in [0.1, 0.15) is 45.3 Å². The van der Waals surface area contributed by atoms with Crippen LogP contribution in [0, 0.1) is 6.92 Å². The summed E-state index contributed by atoms with van der Waals surface area (Å²) in [6.45, 7) is 11.1. The van der Waals surface area contributed by atoms with Gasteiger partial charge in [-0.2, -0.15) is 0 Å². The Morgan fingerprint density at radius 3 is 2.55 bits per heavy atom. The zero-order valence-electron chi connectivity index (χ0n) is 13.7. The Morgan fingerprint density at radius 1 is 1.32 bits per heavy atom. The molecule has 0 aliphatic heterocycles. The molecule has 0 aliphatic rings. The van der Waals surface area contributed by atoms with Gasteiger partial charge in [-0.15, -0.1) is 11.3 Å². The smallest absolute Gasteiger partial charge is 0.408 e. The maximum Gasteiger partial charge on any atom is 0.408 e. The van der Waals surface area contributed by atoms with Crippen molar-refractivity contribution < 1.29 is 14.1 Å². The lowest BCUT2D eigenvalue weighted by Gasteiger charge is -2.27. The highest BCUT2D eigenvalue weighted by Gasteiger charge is 2.29. The van der Waals surface area contributed by atoms with Crippen LogP contribution < -0.4 is 5.32 Å².